The molecule has 0 spiro atoms. The predicted octanol–water partition coefficient (Wildman–Crippen LogP) is -0.376. The van der Waals surface area contributed by atoms with E-state index in [1.165, 1.54) is 0 Å². The molecule has 0 radical (unpaired) electrons. The van der Waals surface area contributed by atoms with Gasteiger partial charge in [-0.25, -0.2) is 21.6 Å². The van der Waals surface area contributed by atoms with Gasteiger partial charge in [0.05, 0.1) is 16.8 Å². The van der Waals surface area contributed by atoms with Gasteiger partial charge < -0.3 is 5.32 Å². The first-order valence-electron chi connectivity index (χ1n) is 6.75. The Morgan fingerprint density at radius 1 is 1.16 bits per heavy atom. The van der Waals surface area contributed by atoms with E-state index >= 15 is 0 Å². The van der Waals surface area contributed by atoms with Gasteiger partial charge in [-0.1, -0.05) is 0 Å². The quantitative estimate of drug-likeness (QED) is 0.741. The summed E-state index contributed by atoms with van der Waals surface area (Å²) in [7, 11) is -6.44. The fraction of sp³-hybridized carbons (Fsp3) is 1.00. The second-order valence-electron chi connectivity index (χ2n) is 5.51. The molecule has 0 bridgehead atoms. The van der Waals surface area contributed by atoms with Crippen LogP contribution >= 0.6 is 0 Å². The molecule has 2 heterocycles. The highest BCUT2D eigenvalue weighted by Crippen LogP contribution is 2.20. The van der Waals surface area contributed by atoms with Crippen LogP contribution in [-0.2, 0) is 19.9 Å². The van der Waals surface area contributed by atoms with Crippen molar-refractivity contribution in [3.63, 3.8) is 0 Å². The summed E-state index contributed by atoms with van der Waals surface area (Å²) in [4.78, 5) is 0. The van der Waals surface area contributed by atoms with Crippen molar-refractivity contribution in [3.05, 3.63) is 0 Å². The van der Waals surface area contributed by atoms with Crippen LogP contribution in [0, 0.1) is 0 Å². The summed E-state index contributed by atoms with van der Waals surface area (Å²) in [5.41, 5.74) is 0. The maximum atomic E-state index is 12.3. The van der Waals surface area contributed by atoms with E-state index in [2.05, 4.69) is 10.0 Å². The van der Waals surface area contributed by atoms with E-state index < -0.39 is 25.1 Å². The topological polar surface area (TPSA) is 92.3 Å². The Morgan fingerprint density at radius 2 is 1.79 bits per heavy atom. The molecule has 19 heavy (non-hydrogen) atoms. The smallest absolute Gasteiger partial charge is 0.214 e. The highest BCUT2D eigenvalue weighted by Gasteiger charge is 2.35. The van der Waals surface area contributed by atoms with Crippen molar-refractivity contribution >= 4 is 19.9 Å². The summed E-state index contributed by atoms with van der Waals surface area (Å²) < 4.78 is 50.0. The molecule has 2 unspecified atom stereocenters. The molecule has 8 heteroatoms. The molecule has 2 saturated heterocycles. The van der Waals surface area contributed by atoms with Crippen LogP contribution in [0.4, 0.5) is 0 Å². The van der Waals surface area contributed by atoms with Crippen molar-refractivity contribution in [2.45, 2.75) is 49.9 Å². The van der Waals surface area contributed by atoms with E-state index in [0.717, 1.165) is 19.4 Å². The van der Waals surface area contributed by atoms with E-state index in [4.69, 9.17) is 0 Å². The zero-order chi connectivity index (χ0) is 14.1. The number of nitrogens with one attached hydrogen (secondary N) is 2. The minimum absolute atomic E-state index is 0.0168. The van der Waals surface area contributed by atoms with E-state index in [1.807, 2.05) is 6.92 Å². The van der Waals surface area contributed by atoms with Crippen molar-refractivity contribution < 1.29 is 16.8 Å². The zero-order valence-electron chi connectivity index (χ0n) is 11.1. The third-order valence-electron chi connectivity index (χ3n) is 4.02. The van der Waals surface area contributed by atoms with Crippen molar-refractivity contribution in [3.8, 4) is 0 Å². The van der Waals surface area contributed by atoms with Crippen LogP contribution in [0.3, 0.4) is 0 Å². The van der Waals surface area contributed by atoms with Crippen LogP contribution in [0.1, 0.15) is 32.6 Å². The van der Waals surface area contributed by atoms with Gasteiger partial charge in [0.1, 0.15) is 9.84 Å². The van der Waals surface area contributed by atoms with Crippen LogP contribution in [-0.4, -0.2) is 52.2 Å². The number of hydrogen-bond acceptors (Lipinski definition) is 5. The van der Waals surface area contributed by atoms with Gasteiger partial charge in [-0.2, -0.15) is 0 Å². The molecule has 6 nitrogen and oxygen atoms in total. The highest BCUT2D eigenvalue weighted by molar-refractivity contribution is 7.92. The lowest BCUT2D eigenvalue weighted by Crippen LogP contribution is -2.54. The Labute approximate surface area is 115 Å². The molecule has 2 aliphatic rings. The first-order chi connectivity index (χ1) is 8.80. The fourth-order valence-corrected chi connectivity index (χ4v) is 6.27. The van der Waals surface area contributed by atoms with E-state index in [0.29, 0.717) is 0 Å². The SMILES string of the molecule is CC1NCCCC1NS(=O)(=O)C1CCS(=O)(=O)CC1. The van der Waals surface area contributed by atoms with Gasteiger partial charge in [0, 0.05) is 12.1 Å². The maximum Gasteiger partial charge on any atom is 0.214 e. The summed E-state index contributed by atoms with van der Waals surface area (Å²) in [5, 5.41) is 2.68. The Bertz CT molecular complexity index is 501. The average molecular weight is 310 g/mol. The summed E-state index contributed by atoms with van der Waals surface area (Å²) in [5.74, 6) is -0.0336. The monoisotopic (exact) mass is 310 g/mol. The molecule has 2 N–H and O–H groups in total. The van der Waals surface area contributed by atoms with Crippen molar-refractivity contribution in [2.75, 3.05) is 18.1 Å². The minimum Gasteiger partial charge on any atom is -0.313 e. The van der Waals surface area contributed by atoms with Gasteiger partial charge in [0.15, 0.2) is 0 Å². The molecule has 0 amide bonds. The van der Waals surface area contributed by atoms with Gasteiger partial charge >= 0.3 is 0 Å². The minimum atomic E-state index is -3.42. The van der Waals surface area contributed by atoms with Crippen molar-refractivity contribution in [1.82, 2.24) is 10.0 Å². The van der Waals surface area contributed by atoms with Gasteiger partial charge in [0.2, 0.25) is 10.0 Å². The molecule has 0 aromatic heterocycles. The zero-order valence-corrected chi connectivity index (χ0v) is 12.8. The van der Waals surface area contributed by atoms with E-state index in [9.17, 15) is 16.8 Å². The lowest BCUT2D eigenvalue weighted by atomic mass is 10.0. The van der Waals surface area contributed by atoms with E-state index in [-0.39, 0.29) is 36.4 Å². The molecule has 2 rings (SSSR count). The van der Waals surface area contributed by atoms with E-state index in [1.54, 1.807) is 0 Å². The van der Waals surface area contributed by atoms with Gasteiger partial charge in [-0.15, -0.1) is 0 Å². The maximum absolute atomic E-state index is 12.3. The molecule has 2 aliphatic heterocycles. The van der Waals surface area contributed by atoms with Crippen molar-refractivity contribution in [2.24, 2.45) is 0 Å². The molecule has 0 aromatic carbocycles. The molecular weight excluding hydrogens is 288 g/mol. The Morgan fingerprint density at radius 3 is 2.37 bits per heavy atom. The molecule has 0 saturated carbocycles. The van der Waals surface area contributed by atoms with Gasteiger partial charge in [-0.3, -0.25) is 0 Å². The number of hydrogen-bond donors (Lipinski definition) is 2. The van der Waals surface area contributed by atoms with Gasteiger partial charge in [0.25, 0.3) is 0 Å². The van der Waals surface area contributed by atoms with Crippen LogP contribution in [0.5, 0.6) is 0 Å². The highest BCUT2D eigenvalue weighted by atomic mass is 32.2. The molecule has 2 fully saturated rings. The Kier molecular flexibility index (Phi) is 4.54. The van der Waals surface area contributed by atoms with Crippen LogP contribution in [0.25, 0.3) is 0 Å². The predicted molar refractivity (Wildman–Crippen MR) is 74.2 cm³/mol. The Balaban J connectivity index is 1.98. The second kappa shape index (κ2) is 5.67. The normalized spacial score (nSPS) is 33.1. The number of piperidine rings is 1. The number of rotatable bonds is 3. The third-order valence-corrected chi connectivity index (χ3v) is 7.71. The molecule has 0 aliphatic carbocycles. The largest absolute Gasteiger partial charge is 0.313 e. The fourth-order valence-electron chi connectivity index (χ4n) is 2.69. The summed E-state index contributed by atoms with van der Waals surface area (Å²) in [6.07, 6.45) is 2.22. The standard InChI is InChI=1S/C11H22N2O4S2/c1-9-11(3-2-6-12-9)13-19(16,17)10-4-7-18(14,15)8-5-10/h9-13H,2-8H2,1H3. The number of sulfone groups is 1. The second-order valence-corrected chi connectivity index (χ2v) is 9.80. The molecular formula is C11H22N2O4S2. The van der Waals surface area contributed by atoms with Crippen molar-refractivity contribution in [1.29, 1.82) is 0 Å². The molecule has 0 aromatic rings. The Hall–Kier alpha value is -0.180. The van der Waals surface area contributed by atoms with Crippen LogP contribution < -0.4 is 10.0 Å². The average Bonchev–Trinajstić information content (AvgIpc) is 2.31. The lowest BCUT2D eigenvalue weighted by molar-refractivity contribution is 0.347. The summed E-state index contributed by atoms with van der Waals surface area (Å²) >= 11 is 0. The lowest BCUT2D eigenvalue weighted by Gasteiger charge is -2.32. The number of sulfonamides is 1. The molecule has 2 atom stereocenters. The molecule has 112 valence electrons. The summed E-state index contributed by atoms with van der Waals surface area (Å²) in [6.45, 7) is 2.89. The summed E-state index contributed by atoms with van der Waals surface area (Å²) in [6, 6.07) is 0.0353. The van der Waals surface area contributed by atoms with Crippen LogP contribution in [0.2, 0.25) is 0 Å². The van der Waals surface area contributed by atoms with Gasteiger partial charge in [-0.05, 0) is 39.2 Å². The van der Waals surface area contributed by atoms with Crippen LogP contribution in [0.15, 0.2) is 0 Å². The third kappa shape index (κ3) is 3.90. The first-order valence-corrected chi connectivity index (χ1v) is 10.1. The first kappa shape index (κ1) is 15.2.